The number of phenolic OH excluding ortho intramolecular Hbond substituents is 1. The van der Waals surface area contributed by atoms with Crippen molar-refractivity contribution < 1.29 is 19.1 Å². The lowest BCUT2D eigenvalue weighted by atomic mass is 9.85. The van der Waals surface area contributed by atoms with Gasteiger partial charge >= 0.3 is 0 Å². The summed E-state index contributed by atoms with van der Waals surface area (Å²) in [7, 11) is 4.11. The molecular weight excluding hydrogens is 467 g/mol. The van der Waals surface area contributed by atoms with Crippen LogP contribution in [0.2, 0.25) is 5.02 Å². The number of furan rings is 1. The number of hydrogen-bond acceptors (Lipinski definition) is 6. The van der Waals surface area contributed by atoms with Gasteiger partial charge in [-0.2, -0.15) is 0 Å². The highest BCUT2D eigenvalue weighted by molar-refractivity contribution is 6.30. The van der Waals surface area contributed by atoms with Crippen LogP contribution in [0.4, 0.5) is 11.5 Å². The van der Waals surface area contributed by atoms with Crippen molar-refractivity contribution in [1.29, 1.82) is 0 Å². The first kappa shape index (κ1) is 24.8. The van der Waals surface area contributed by atoms with Gasteiger partial charge in [0.2, 0.25) is 11.7 Å². The van der Waals surface area contributed by atoms with Crippen LogP contribution < -0.4 is 10.6 Å². The second-order valence-electron chi connectivity index (χ2n) is 8.26. The molecule has 0 saturated heterocycles. The lowest BCUT2D eigenvalue weighted by Crippen LogP contribution is -2.35. The number of aromatic nitrogens is 1. The molecule has 1 aliphatic rings. The quantitative estimate of drug-likeness (QED) is 0.466. The molecule has 33 heavy (non-hydrogen) atoms. The molecule has 0 atom stereocenters. The molecule has 10 heteroatoms. The lowest BCUT2D eigenvalue weighted by Gasteiger charge is -2.31. The molecule has 2 heterocycles. The van der Waals surface area contributed by atoms with Crippen LogP contribution in [0.3, 0.4) is 0 Å². The summed E-state index contributed by atoms with van der Waals surface area (Å²) in [4.78, 5) is 32.3. The molecule has 1 saturated carbocycles. The SMILES string of the molecule is CN(C)C1CCC(C(=O)Nc2c(C(=O)Nc3ccc(Cl)cn3)oc3cc(O)ccc23)CC1.Cl. The maximum absolute atomic E-state index is 13.0. The number of aromatic hydroxyl groups is 1. The zero-order chi connectivity index (χ0) is 22.8. The van der Waals surface area contributed by atoms with Crippen LogP contribution in [0.15, 0.2) is 40.9 Å². The summed E-state index contributed by atoms with van der Waals surface area (Å²) >= 11 is 5.85. The van der Waals surface area contributed by atoms with E-state index >= 15 is 0 Å². The number of hydrogen-bond donors (Lipinski definition) is 3. The highest BCUT2D eigenvalue weighted by Crippen LogP contribution is 2.35. The number of anilines is 2. The molecular formula is C23H26Cl2N4O4. The predicted molar refractivity (Wildman–Crippen MR) is 130 cm³/mol. The number of nitrogens with zero attached hydrogens (tertiary/aromatic N) is 2. The maximum Gasteiger partial charge on any atom is 0.294 e. The van der Waals surface area contributed by atoms with Crippen LogP contribution in [0.5, 0.6) is 5.75 Å². The van der Waals surface area contributed by atoms with E-state index in [2.05, 4.69) is 34.6 Å². The number of pyridine rings is 1. The molecule has 0 bridgehead atoms. The molecule has 3 N–H and O–H groups in total. The van der Waals surface area contributed by atoms with Crippen molar-refractivity contribution in [2.75, 3.05) is 24.7 Å². The van der Waals surface area contributed by atoms with Crippen molar-refractivity contribution in [2.45, 2.75) is 31.7 Å². The van der Waals surface area contributed by atoms with Crippen LogP contribution in [0.25, 0.3) is 11.0 Å². The molecule has 3 aromatic rings. The Hall–Kier alpha value is -2.81. The highest BCUT2D eigenvalue weighted by Gasteiger charge is 2.30. The van der Waals surface area contributed by atoms with Gasteiger partial charge in [-0.05, 0) is 64.0 Å². The second kappa shape index (κ2) is 10.4. The summed E-state index contributed by atoms with van der Waals surface area (Å²) in [5.74, 6) is -0.613. The third kappa shape index (κ3) is 5.58. The number of fused-ring (bicyclic) bond motifs is 1. The van der Waals surface area contributed by atoms with E-state index in [1.807, 2.05) is 0 Å². The minimum Gasteiger partial charge on any atom is -0.508 e. The third-order valence-corrected chi connectivity index (χ3v) is 6.12. The first-order valence-electron chi connectivity index (χ1n) is 10.5. The molecule has 0 unspecified atom stereocenters. The van der Waals surface area contributed by atoms with Crippen LogP contribution in [0.1, 0.15) is 36.2 Å². The minimum absolute atomic E-state index is 0. The van der Waals surface area contributed by atoms with Crippen molar-refractivity contribution in [2.24, 2.45) is 5.92 Å². The van der Waals surface area contributed by atoms with E-state index < -0.39 is 5.91 Å². The van der Waals surface area contributed by atoms with Gasteiger partial charge in [0, 0.05) is 29.6 Å². The van der Waals surface area contributed by atoms with Gasteiger partial charge < -0.3 is 25.1 Å². The third-order valence-electron chi connectivity index (χ3n) is 5.89. The molecule has 176 valence electrons. The second-order valence-corrected chi connectivity index (χ2v) is 8.70. The monoisotopic (exact) mass is 492 g/mol. The van der Waals surface area contributed by atoms with Gasteiger partial charge in [0.15, 0.2) is 0 Å². The summed E-state index contributed by atoms with van der Waals surface area (Å²) in [5.41, 5.74) is 0.581. The van der Waals surface area contributed by atoms with Gasteiger partial charge in [0.1, 0.15) is 22.8 Å². The Morgan fingerprint density at radius 3 is 2.48 bits per heavy atom. The Morgan fingerprint density at radius 2 is 1.85 bits per heavy atom. The van der Waals surface area contributed by atoms with Gasteiger partial charge in [-0.1, -0.05) is 11.6 Å². The topological polar surface area (TPSA) is 108 Å². The first-order chi connectivity index (χ1) is 15.3. The van der Waals surface area contributed by atoms with Crippen molar-refractivity contribution in [3.8, 4) is 5.75 Å². The standard InChI is InChI=1S/C23H25ClN4O4.ClH/c1-28(2)15-6-3-13(4-7-15)22(30)27-20-17-9-8-16(29)11-18(17)32-21(20)23(31)26-19-10-5-14(24)12-25-19;/h5,8-13,15,29H,3-4,6-7H2,1-2H3,(H,27,30)(H,25,26,31);1H. The number of carbonyl (C=O) groups is 2. The number of rotatable bonds is 5. The molecule has 0 aliphatic heterocycles. The number of benzene rings is 1. The van der Waals surface area contributed by atoms with E-state index in [1.165, 1.54) is 18.3 Å². The molecule has 0 spiro atoms. The van der Waals surface area contributed by atoms with Crippen molar-refractivity contribution in [3.63, 3.8) is 0 Å². The Balaban J connectivity index is 0.00000306. The van der Waals surface area contributed by atoms with Crippen molar-refractivity contribution in [1.82, 2.24) is 9.88 Å². The molecule has 1 aromatic carbocycles. The molecule has 2 amide bonds. The number of carbonyl (C=O) groups excluding carboxylic acids is 2. The van der Waals surface area contributed by atoms with E-state index in [9.17, 15) is 14.7 Å². The fourth-order valence-corrected chi connectivity index (χ4v) is 4.18. The van der Waals surface area contributed by atoms with Crippen LogP contribution in [-0.2, 0) is 4.79 Å². The Labute approximate surface area is 202 Å². The number of amides is 2. The fourth-order valence-electron chi connectivity index (χ4n) is 4.07. The average molecular weight is 493 g/mol. The van der Waals surface area contributed by atoms with E-state index in [0.29, 0.717) is 27.9 Å². The zero-order valence-corrected chi connectivity index (χ0v) is 19.9. The molecule has 0 radical (unpaired) electrons. The van der Waals surface area contributed by atoms with Gasteiger partial charge in [-0.15, -0.1) is 12.4 Å². The average Bonchev–Trinajstić information content (AvgIpc) is 3.12. The normalized spacial score (nSPS) is 18.1. The Kier molecular flexibility index (Phi) is 7.84. The van der Waals surface area contributed by atoms with Gasteiger partial charge in [-0.25, -0.2) is 4.98 Å². The smallest absolute Gasteiger partial charge is 0.294 e. The van der Waals surface area contributed by atoms with Crippen molar-refractivity contribution in [3.05, 3.63) is 47.3 Å². The Bertz CT molecular complexity index is 1140. The molecule has 8 nitrogen and oxygen atoms in total. The number of phenols is 1. The van der Waals surface area contributed by atoms with Gasteiger partial charge in [0.05, 0.1) is 5.02 Å². The molecule has 2 aromatic heterocycles. The predicted octanol–water partition coefficient (Wildman–Crippen LogP) is 4.92. The molecule has 1 aliphatic carbocycles. The van der Waals surface area contributed by atoms with Crippen LogP contribution >= 0.6 is 24.0 Å². The largest absolute Gasteiger partial charge is 0.508 e. The summed E-state index contributed by atoms with van der Waals surface area (Å²) in [5, 5.41) is 16.4. The number of halogens is 2. The van der Waals surface area contributed by atoms with E-state index in [4.69, 9.17) is 16.0 Å². The summed E-state index contributed by atoms with van der Waals surface area (Å²) in [6.07, 6.45) is 4.87. The zero-order valence-electron chi connectivity index (χ0n) is 18.3. The summed E-state index contributed by atoms with van der Waals surface area (Å²) < 4.78 is 5.73. The van der Waals surface area contributed by atoms with Crippen LogP contribution in [0, 0.1) is 5.92 Å². The highest BCUT2D eigenvalue weighted by atomic mass is 35.5. The Morgan fingerprint density at radius 1 is 1.12 bits per heavy atom. The van der Waals surface area contributed by atoms with E-state index in [0.717, 1.165) is 25.7 Å². The van der Waals surface area contributed by atoms with Gasteiger partial charge in [0.25, 0.3) is 5.91 Å². The van der Waals surface area contributed by atoms with Crippen LogP contribution in [-0.4, -0.2) is 46.9 Å². The maximum atomic E-state index is 13.0. The van der Waals surface area contributed by atoms with Gasteiger partial charge in [-0.3, -0.25) is 9.59 Å². The lowest BCUT2D eigenvalue weighted by molar-refractivity contribution is -0.121. The van der Waals surface area contributed by atoms with Crippen molar-refractivity contribution >= 4 is 58.3 Å². The summed E-state index contributed by atoms with van der Waals surface area (Å²) in [6, 6.07) is 8.15. The summed E-state index contributed by atoms with van der Waals surface area (Å²) in [6.45, 7) is 0. The van der Waals surface area contributed by atoms with E-state index in [1.54, 1.807) is 18.2 Å². The number of nitrogens with one attached hydrogen (secondary N) is 2. The molecule has 1 fully saturated rings. The molecule has 4 rings (SSSR count). The fraction of sp³-hybridized carbons (Fsp3) is 0.348. The van der Waals surface area contributed by atoms with E-state index in [-0.39, 0.29) is 41.4 Å². The minimum atomic E-state index is -0.567. The first-order valence-corrected chi connectivity index (χ1v) is 10.9.